The van der Waals surface area contributed by atoms with Crippen molar-refractivity contribution in [2.75, 3.05) is 13.1 Å². The standard InChI is InChI=1S/C18H19BrN2O2S/c1-12-5-2-3-6-13(12)14-7-4-10-21(14)17(22)11-20-18(23)15-8-9-16(19)24-15/h2-3,5-6,8-9,14H,4,7,10-11H2,1H3,(H,20,23)/t14-/m0/s1. The predicted molar refractivity (Wildman–Crippen MR) is 99.2 cm³/mol. The summed E-state index contributed by atoms with van der Waals surface area (Å²) >= 11 is 4.70. The van der Waals surface area contributed by atoms with Crippen molar-refractivity contribution in [3.8, 4) is 0 Å². The molecule has 1 aliphatic rings. The summed E-state index contributed by atoms with van der Waals surface area (Å²) in [6, 6.07) is 11.9. The van der Waals surface area contributed by atoms with Crippen LogP contribution in [0.1, 0.15) is 39.7 Å². The molecule has 2 aromatic rings. The van der Waals surface area contributed by atoms with Crippen molar-refractivity contribution in [1.82, 2.24) is 10.2 Å². The lowest BCUT2D eigenvalue weighted by molar-refractivity contribution is -0.131. The van der Waals surface area contributed by atoms with Gasteiger partial charge in [-0.2, -0.15) is 0 Å². The number of benzene rings is 1. The topological polar surface area (TPSA) is 49.4 Å². The maximum absolute atomic E-state index is 12.6. The zero-order valence-electron chi connectivity index (χ0n) is 13.4. The van der Waals surface area contributed by atoms with Crippen LogP contribution in [0, 0.1) is 6.92 Å². The first-order valence-corrected chi connectivity index (χ1v) is 9.56. The second-order valence-electron chi connectivity index (χ2n) is 5.89. The number of amides is 2. The molecule has 1 aromatic heterocycles. The highest BCUT2D eigenvalue weighted by Crippen LogP contribution is 2.33. The van der Waals surface area contributed by atoms with Gasteiger partial charge in [-0.25, -0.2) is 0 Å². The lowest BCUT2D eigenvalue weighted by Gasteiger charge is -2.26. The van der Waals surface area contributed by atoms with E-state index in [0.717, 1.165) is 23.2 Å². The highest BCUT2D eigenvalue weighted by molar-refractivity contribution is 9.11. The fraction of sp³-hybridized carbons (Fsp3) is 0.333. The van der Waals surface area contributed by atoms with E-state index in [1.807, 2.05) is 23.1 Å². The van der Waals surface area contributed by atoms with Gasteiger partial charge in [-0.05, 0) is 59.0 Å². The van der Waals surface area contributed by atoms with Crippen molar-refractivity contribution in [2.45, 2.75) is 25.8 Å². The number of carbonyl (C=O) groups is 2. The van der Waals surface area contributed by atoms with Crippen LogP contribution in [-0.2, 0) is 4.79 Å². The van der Waals surface area contributed by atoms with Crippen molar-refractivity contribution in [3.05, 3.63) is 56.2 Å². The summed E-state index contributed by atoms with van der Waals surface area (Å²) in [6.07, 6.45) is 1.97. The number of rotatable bonds is 4. The van der Waals surface area contributed by atoms with E-state index >= 15 is 0 Å². The minimum absolute atomic E-state index is 0.0234. The highest BCUT2D eigenvalue weighted by atomic mass is 79.9. The monoisotopic (exact) mass is 406 g/mol. The van der Waals surface area contributed by atoms with E-state index in [9.17, 15) is 9.59 Å². The Morgan fingerprint density at radius 2 is 2.08 bits per heavy atom. The van der Waals surface area contributed by atoms with Crippen LogP contribution in [0.25, 0.3) is 0 Å². The van der Waals surface area contributed by atoms with E-state index < -0.39 is 0 Å². The molecule has 0 radical (unpaired) electrons. The summed E-state index contributed by atoms with van der Waals surface area (Å²) < 4.78 is 0.901. The van der Waals surface area contributed by atoms with Gasteiger partial charge in [0.15, 0.2) is 0 Å². The summed E-state index contributed by atoms with van der Waals surface area (Å²) in [7, 11) is 0. The summed E-state index contributed by atoms with van der Waals surface area (Å²) in [6.45, 7) is 2.86. The molecule has 1 atom stereocenters. The first kappa shape index (κ1) is 17.2. The van der Waals surface area contributed by atoms with E-state index in [-0.39, 0.29) is 24.4 Å². The Morgan fingerprint density at radius 1 is 1.29 bits per heavy atom. The Kier molecular flexibility index (Phi) is 5.36. The minimum atomic E-state index is -0.203. The predicted octanol–water partition coefficient (Wildman–Crippen LogP) is 3.91. The molecule has 1 saturated heterocycles. The second kappa shape index (κ2) is 7.49. The van der Waals surface area contributed by atoms with Crippen molar-refractivity contribution >= 4 is 39.1 Å². The van der Waals surface area contributed by atoms with Crippen LogP contribution in [-0.4, -0.2) is 29.8 Å². The highest BCUT2D eigenvalue weighted by Gasteiger charge is 2.30. The maximum atomic E-state index is 12.6. The Balaban J connectivity index is 1.64. The third kappa shape index (κ3) is 3.70. The molecule has 0 bridgehead atoms. The van der Waals surface area contributed by atoms with Crippen LogP contribution in [0.3, 0.4) is 0 Å². The smallest absolute Gasteiger partial charge is 0.261 e. The summed E-state index contributed by atoms with van der Waals surface area (Å²) in [5.41, 5.74) is 2.41. The molecular weight excluding hydrogens is 388 g/mol. The quantitative estimate of drug-likeness (QED) is 0.836. The van der Waals surface area contributed by atoms with E-state index in [1.54, 1.807) is 6.07 Å². The molecule has 0 saturated carbocycles. The summed E-state index contributed by atoms with van der Waals surface area (Å²) in [5, 5.41) is 2.74. The van der Waals surface area contributed by atoms with Gasteiger partial charge in [-0.1, -0.05) is 24.3 Å². The van der Waals surface area contributed by atoms with Crippen LogP contribution >= 0.6 is 27.3 Å². The average Bonchev–Trinajstić information content (AvgIpc) is 3.22. The number of hydrogen-bond acceptors (Lipinski definition) is 3. The van der Waals surface area contributed by atoms with Gasteiger partial charge in [0.2, 0.25) is 5.91 Å². The number of halogens is 1. The molecule has 1 N–H and O–H groups in total. The Hall–Kier alpha value is -1.66. The van der Waals surface area contributed by atoms with Crippen LogP contribution in [0.5, 0.6) is 0 Å². The first-order valence-electron chi connectivity index (χ1n) is 7.95. The van der Waals surface area contributed by atoms with Gasteiger partial charge in [0, 0.05) is 6.54 Å². The van der Waals surface area contributed by atoms with Crippen LogP contribution in [0.4, 0.5) is 0 Å². The summed E-state index contributed by atoms with van der Waals surface area (Å²) in [4.78, 5) is 27.2. The molecule has 4 nitrogen and oxygen atoms in total. The molecule has 0 aliphatic carbocycles. The molecule has 0 spiro atoms. The fourth-order valence-electron chi connectivity index (χ4n) is 3.13. The van der Waals surface area contributed by atoms with Gasteiger partial charge < -0.3 is 10.2 Å². The molecule has 1 fully saturated rings. The third-order valence-electron chi connectivity index (χ3n) is 4.32. The van der Waals surface area contributed by atoms with E-state index in [0.29, 0.717) is 4.88 Å². The fourth-order valence-corrected chi connectivity index (χ4v) is 4.43. The molecule has 0 unspecified atom stereocenters. The van der Waals surface area contributed by atoms with Crippen LogP contribution in [0.2, 0.25) is 0 Å². The largest absolute Gasteiger partial charge is 0.342 e. The van der Waals surface area contributed by atoms with Gasteiger partial charge in [0.1, 0.15) is 0 Å². The average molecular weight is 407 g/mol. The Labute approximate surface area is 154 Å². The number of aryl methyl sites for hydroxylation is 1. The minimum Gasteiger partial charge on any atom is -0.342 e. The number of likely N-dealkylation sites (tertiary alicyclic amines) is 1. The van der Waals surface area contributed by atoms with E-state index in [2.05, 4.69) is 40.3 Å². The number of nitrogens with one attached hydrogen (secondary N) is 1. The second-order valence-corrected chi connectivity index (χ2v) is 8.35. The lowest BCUT2D eigenvalue weighted by Crippen LogP contribution is -2.39. The Morgan fingerprint density at radius 3 is 2.79 bits per heavy atom. The molecule has 2 amide bonds. The van der Waals surface area contributed by atoms with E-state index in [1.165, 1.54) is 22.5 Å². The molecule has 2 heterocycles. The molecular formula is C18H19BrN2O2S. The van der Waals surface area contributed by atoms with Crippen LogP contribution < -0.4 is 5.32 Å². The van der Waals surface area contributed by atoms with E-state index in [4.69, 9.17) is 0 Å². The number of thiophene rings is 1. The molecule has 1 aliphatic heterocycles. The third-order valence-corrected chi connectivity index (χ3v) is 5.94. The van der Waals surface area contributed by atoms with Crippen molar-refractivity contribution in [1.29, 1.82) is 0 Å². The zero-order chi connectivity index (χ0) is 17.1. The molecule has 6 heteroatoms. The van der Waals surface area contributed by atoms with Crippen LogP contribution in [0.15, 0.2) is 40.2 Å². The van der Waals surface area contributed by atoms with Crippen molar-refractivity contribution in [3.63, 3.8) is 0 Å². The number of hydrogen-bond donors (Lipinski definition) is 1. The van der Waals surface area contributed by atoms with Crippen molar-refractivity contribution in [2.24, 2.45) is 0 Å². The van der Waals surface area contributed by atoms with Gasteiger partial charge >= 0.3 is 0 Å². The van der Waals surface area contributed by atoms with Gasteiger partial charge in [0.05, 0.1) is 21.3 Å². The van der Waals surface area contributed by atoms with Gasteiger partial charge in [0.25, 0.3) is 5.91 Å². The normalized spacial score (nSPS) is 17.1. The molecule has 126 valence electrons. The molecule has 3 rings (SSSR count). The first-order chi connectivity index (χ1) is 11.6. The molecule has 1 aromatic carbocycles. The van der Waals surface area contributed by atoms with Gasteiger partial charge in [-0.15, -0.1) is 11.3 Å². The van der Waals surface area contributed by atoms with Gasteiger partial charge in [-0.3, -0.25) is 9.59 Å². The Bertz CT molecular complexity index is 759. The SMILES string of the molecule is Cc1ccccc1[C@@H]1CCCN1C(=O)CNC(=O)c1ccc(Br)s1. The number of carbonyl (C=O) groups excluding carboxylic acids is 2. The zero-order valence-corrected chi connectivity index (χ0v) is 15.8. The number of nitrogens with zero attached hydrogens (tertiary/aromatic N) is 1. The van der Waals surface area contributed by atoms with Crippen molar-refractivity contribution < 1.29 is 9.59 Å². The lowest BCUT2D eigenvalue weighted by atomic mass is 9.99. The maximum Gasteiger partial charge on any atom is 0.261 e. The summed E-state index contributed by atoms with van der Waals surface area (Å²) in [5.74, 6) is -0.226. The molecule has 24 heavy (non-hydrogen) atoms.